The van der Waals surface area contributed by atoms with Crippen LogP contribution in [0.5, 0.6) is 0 Å². The molecule has 1 atom stereocenters. The molecule has 0 radical (unpaired) electrons. The zero-order chi connectivity index (χ0) is 9.84. The molecule has 5 nitrogen and oxygen atoms in total. The second kappa shape index (κ2) is 4.27. The molecule has 6 heteroatoms. The molecule has 1 aromatic heterocycles. The second-order valence-corrected chi connectivity index (χ2v) is 4.03. The first-order valence-corrected chi connectivity index (χ1v) is 5.39. The van der Waals surface area contributed by atoms with Crippen molar-refractivity contribution in [2.45, 2.75) is 13.3 Å². The van der Waals surface area contributed by atoms with Crippen molar-refractivity contribution in [3.63, 3.8) is 0 Å². The molecule has 13 heavy (non-hydrogen) atoms. The van der Waals surface area contributed by atoms with E-state index in [2.05, 4.69) is 9.82 Å². The molecular weight excluding hydrogens is 188 g/mol. The lowest BCUT2D eigenvalue weighted by molar-refractivity contribution is 0.684. The average molecular weight is 202 g/mol. The van der Waals surface area contributed by atoms with E-state index < -0.39 is 11.0 Å². The highest BCUT2D eigenvalue weighted by Gasteiger charge is 2.06. The van der Waals surface area contributed by atoms with Gasteiger partial charge in [0.1, 0.15) is 11.0 Å². The maximum Gasteiger partial charge on any atom is 0.159 e. The summed E-state index contributed by atoms with van der Waals surface area (Å²) in [6.07, 6.45) is 2.41. The summed E-state index contributed by atoms with van der Waals surface area (Å²) in [5, 5.41) is 3.92. The number of anilines is 2. The molecule has 0 aromatic carbocycles. The summed E-state index contributed by atoms with van der Waals surface area (Å²) in [4.78, 5) is 0. The number of aromatic nitrogens is 2. The molecular formula is C7H14N4OS. The highest BCUT2D eigenvalue weighted by atomic mass is 32.2. The fourth-order valence-corrected chi connectivity index (χ4v) is 1.86. The summed E-state index contributed by atoms with van der Waals surface area (Å²) < 4.78 is 15.7. The topological polar surface area (TPSA) is 72.9 Å². The number of nitrogens with two attached hydrogens (primary N) is 1. The molecule has 0 spiro atoms. The van der Waals surface area contributed by atoms with Crippen LogP contribution in [-0.2, 0) is 18.0 Å². The minimum Gasteiger partial charge on any atom is -0.394 e. The van der Waals surface area contributed by atoms with Gasteiger partial charge in [-0.05, 0) is 6.42 Å². The van der Waals surface area contributed by atoms with E-state index in [0.717, 1.165) is 6.42 Å². The van der Waals surface area contributed by atoms with Gasteiger partial charge >= 0.3 is 0 Å². The first kappa shape index (κ1) is 10.0. The SMILES string of the molecule is CCCS(=O)Nc1c(N)cnn1C. The fourth-order valence-electron chi connectivity index (χ4n) is 0.924. The second-order valence-electron chi connectivity index (χ2n) is 2.72. The van der Waals surface area contributed by atoms with Crippen molar-refractivity contribution in [1.82, 2.24) is 9.78 Å². The van der Waals surface area contributed by atoms with Crippen LogP contribution in [0.25, 0.3) is 0 Å². The lowest BCUT2D eigenvalue weighted by Crippen LogP contribution is -2.12. The predicted octanol–water partition coefficient (Wildman–Crippen LogP) is 0.488. The van der Waals surface area contributed by atoms with E-state index in [4.69, 9.17) is 5.73 Å². The molecule has 0 amide bonds. The summed E-state index contributed by atoms with van der Waals surface area (Å²) >= 11 is 0. The Morgan fingerprint density at radius 3 is 2.92 bits per heavy atom. The van der Waals surface area contributed by atoms with Crippen LogP contribution in [0, 0.1) is 0 Å². The van der Waals surface area contributed by atoms with Gasteiger partial charge in [0, 0.05) is 12.8 Å². The summed E-state index contributed by atoms with van der Waals surface area (Å²) in [6, 6.07) is 0. The van der Waals surface area contributed by atoms with E-state index in [-0.39, 0.29) is 0 Å². The maximum absolute atomic E-state index is 11.3. The minimum atomic E-state index is -1.06. The van der Waals surface area contributed by atoms with Crippen LogP contribution in [0.1, 0.15) is 13.3 Å². The van der Waals surface area contributed by atoms with Crippen LogP contribution < -0.4 is 10.5 Å². The van der Waals surface area contributed by atoms with Gasteiger partial charge < -0.3 is 5.73 Å². The Labute approximate surface area is 79.9 Å². The summed E-state index contributed by atoms with van der Waals surface area (Å²) in [6.45, 7) is 1.98. The van der Waals surface area contributed by atoms with Crippen LogP contribution in [0.4, 0.5) is 11.5 Å². The van der Waals surface area contributed by atoms with Gasteiger partial charge in [-0.1, -0.05) is 6.92 Å². The quantitative estimate of drug-likeness (QED) is 0.746. The molecule has 0 aliphatic carbocycles. The van der Waals surface area contributed by atoms with Crippen LogP contribution in [0.3, 0.4) is 0 Å². The van der Waals surface area contributed by atoms with Gasteiger partial charge in [0.05, 0.1) is 11.9 Å². The van der Waals surface area contributed by atoms with Crippen molar-refractivity contribution >= 4 is 22.5 Å². The Morgan fingerprint density at radius 2 is 2.46 bits per heavy atom. The van der Waals surface area contributed by atoms with E-state index >= 15 is 0 Å². The summed E-state index contributed by atoms with van der Waals surface area (Å²) in [5.41, 5.74) is 6.13. The van der Waals surface area contributed by atoms with Crippen molar-refractivity contribution in [1.29, 1.82) is 0 Å². The molecule has 0 saturated heterocycles. The lowest BCUT2D eigenvalue weighted by Gasteiger charge is -2.05. The maximum atomic E-state index is 11.3. The molecule has 1 aromatic rings. The monoisotopic (exact) mass is 202 g/mol. The first-order chi connectivity index (χ1) is 6.15. The predicted molar refractivity (Wildman–Crippen MR) is 54.5 cm³/mol. The van der Waals surface area contributed by atoms with E-state index in [1.54, 1.807) is 11.7 Å². The molecule has 0 bridgehead atoms. The third-order valence-corrected chi connectivity index (χ3v) is 2.77. The third-order valence-electron chi connectivity index (χ3n) is 1.57. The van der Waals surface area contributed by atoms with Gasteiger partial charge in [-0.15, -0.1) is 0 Å². The number of nitrogens with zero attached hydrogens (tertiary/aromatic N) is 2. The van der Waals surface area contributed by atoms with Gasteiger partial charge in [-0.3, -0.25) is 9.40 Å². The molecule has 1 unspecified atom stereocenters. The number of rotatable bonds is 4. The largest absolute Gasteiger partial charge is 0.394 e. The number of nitrogen functional groups attached to an aromatic ring is 1. The molecule has 0 aliphatic heterocycles. The minimum absolute atomic E-state index is 0.520. The van der Waals surface area contributed by atoms with Crippen molar-refractivity contribution in [2.75, 3.05) is 16.2 Å². The smallest absolute Gasteiger partial charge is 0.159 e. The van der Waals surface area contributed by atoms with Crippen molar-refractivity contribution in [3.8, 4) is 0 Å². The van der Waals surface area contributed by atoms with Crippen molar-refractivity contribution in [2.24, 2.45) is 7.05 Å². The highest BCUT2D eigenvalue weighted by molar-refractivity contribution is 7.86. The number of aryl methyl sites for hydroxylation is 1. The van der Waals surface area contributed by atoms with Crippen LogP contribution in [0.15, 0.2) is 6.20 Å². The van der Waals surface area contributed by atoms with Gasteiger partial charge in [-0.2, -0.15) is 5.10 Å². The molecule has 0 saturated carbocycles. The molecule has 3 N–H and O–H groups in total. The molecule has 0 aliphatic rings. The Hall–Kier alpha value is -1.04. The Balaban J connectivity index is 2.68. The highest BCUT2D eigenvalue weighted by Crippen LogP contribution is 2.16. The number of hydrogen-bond acceptors (Lipinski definition) is 3. The fraction of sp³-hybridized carbons (Fsp3) is 0.571. The van der Waals surface area contributed by atoms with Gasteiger partial charge in [0.15, 0.2) is 5.82 Å². The Morgan fingerprint density at radius 1 is 1.77 bits per heavy atom. The van der Waals surface area contributed by atoms with E-state index in [9.17, 15) is 4.21 Å². The van der Waals surface area contributed by atoms with Crippen LogP contribution in [-0.4, -0.2) is 19.7 Å². The zero-order valence-corrected chi connectivity index (χ0v) is 8.60. The first-order valence-electron chi connectivity index (χ1n) is 4.07. The number of nitrogens with one attached hydrogen (secondary N) is 1. The van der Waals surface area contributed by atoms with Gasteiger partial charge in [0.2, 0.25) is 0 Å². The van der Waals surface area contributed by atoms with Crippen LogP contribution in [0.2, 0.25) is 0 Å². The van der Waals surface area contributed by atoms with Crippen LogP contribution >= 0.6 is 0 Å². The molecule has 1 heterocycles. The number of hydrogen-bond donors (Lipinski definition) is 2. The van der Waals surface area contributed by atoms with Crippen molar-refractivity contribution in [3.05, 3.63) is 6.20 Å². The standard InChI is InChI=1S/C7H14N4OS/c1-3-4-13(12)10-7-6(8)5-9-11(7)2/h5,10H,3-4,8H2,1-2H3. The van der Waals surface area contributed by atoms with Gasteiger partial charge in [0.25, 0.3) is 0 Å². The Bertz CT molecular complexity index is 290. The van der Waals surface area contributed by atoms with E-state index in [0.29, 0.717) is 17.3 Å². The normalized spacial score (nSPS) is 12.8. The molecule has 0 fully saturated rings. The summed E-state index contributed by atoms with van der Waals surface area (Å²) in [5.74, 6) is 1.23. The lowest BCUT2D eigenvalue weighted by atomic mass is 10.5. The average Bonchev–Trinajstić information content (AvgIpc) is 2.36. The van der Waals surface area contributed by atoms with Gasteiger partial charge in [-0.25, -0.2) is 4.21 Å². The molecule has 74 valence electrons. The van der Waals surface area contributed by atoms with E-state index in [1.807, 2.05) is 6.92 Å². The summed E-state index contributed by atoms with van der Waals surface area (Å²) in [7, 11) is 0.691. The molecule has 1 rings (SSSR count). The Kier molecular flexibility index (Phi) is 3.30. The van der Waals surface area contributed by atoms with E-state index in [1.165, 1.54) is 6.20 Å². The zero-order valence-electron chi connectivity index (χ0n) is 7.78. The third kappa shape index (κ3) is 2.45. The van der Waals surface area contributed by atoms with Crippen molar-refractivity contribution < 1.29 is 4.21 Å².